The molecule has 4 heteroatoms. The number of alkyl halides is 1. The Hall–Kier alpha value is -1.48. The molecule has 0 fully saturated rings. The first-order chi connectivity index (χ1) is 8.19. The molecule has 0 bridgehead atoms. The molecule has 0 aliphatic carbocycles. The van der Waals surface area contributed by atoms with Crippen LogP contribution >= 0.6 is 11.6 Å². The Morgan fingerprint density at radius 1 is 1.29 bits per heavy atom. The predicted octanol–water partition coefficient (Wildman–Crippen LogP) is 3.36. The average Bonchev–Trinajstić information content (AvgIpc) is 2.75. The van der Waals surface area contributed by atoms with Crippen LogP contribution in [-0.2, 0) is 12.4 Å². The largest absolute Gasteiger partial charge is 0.464 e. The van der Waals surface area contributed by atoms with E-state index in [9.17, 15) is 0 Å². The number of nitrogens with zero attached hydrogens (tertiary/aromatic N) is 2. The molecule has 17 heavy (non-hydrogen) atoms. The third-order valence-corrected chi connectivity index (χ3v) is 2.78. The molecule has 2 aromatic rings. The summed E-state index contributed by atoms with van der Waals surface area (Å²) >= 11 is 5.77. The number of hydrogen-bond acceptors (Lipinski definition) is 3. The third kappa shape index (κ3) is 3.01. The van der Waals surface area contributed by atoms with E-state index in [0.717, 1.165) is 23.0 Å². The fourth-order valence-electron chi connectivity index (χ4n) is 1.64. The Morgan fingerprint density at radius 3 is 2.76 bits per heavy atom. The van der Waals surface area contributed by atoms with E-state index in [1.54, 1.807) is 0 Å². The summed E-state index contributed by atoms with van der Waals surface area (Å²) in [6.45, 7) is 2.64. The molecule has 0 aliphatic heterocycles. The highest BCUT2D eigenvalue weighted by Crippen LogP contribution is 2.15. The highest BCUT2D eigenvalue weighted by atomic mass is 35.5. The van der Waals surface area contributed by atoms with Crippen molar-refractivity contribution in [3.05, 3.63) is 47.5 Å². The van der Waals surface area contributed by atoms with Crippen LogP contribution in [0.2, 0.25) is 0 Å². The highest BCUT2D eigenvalue weighted by Gasteiger charge is 2.06. The summed E-state index contributed by atoms with van der Waals surface area (Å²) in [5.41, 5.74) is 0.881. The number of anilines is 1. The van der Waals surface area contributed by atoms with Gasteiger partial charge in [0.25, 0.3) is 0 Å². The summed E-state index contributed by atoms with van der Waals surface area (Å²) < 4.78 is 5.54. The van der Waals surface area contributed by atoms with E-state index in [4.69, 9.17) is 16.0 Å². The van der Waals surface area contributed by atoms with Crippen LogP contribution in [0.25, 0.3) is 0 Å². The molecule has 0 atom stereocenters. The zero-order chi connectivity index (χ0) is 12.3. The van der Waals surface area contributed by atoms with Gasteiger partial charge in [0, 0.05) is 7.05 Å². The molecule has 90 valence electrons. The molecule has 0 saturated carbocycles. The zero-order valence-corrected chi connectivity index (χ0v) is 10.7. The molecular weight excluding hydrogens is 236 g/mol. The van der Waals surface area contributed by atoms with Crippen molar-refractivity contribution in [3.8, 4) is 0 Å². The summed E-state index contributed by atoms with van der Waals surface area (Å²) in [6, 6.07) is 9.79. The fourth-order valence-corrected chi connectivity index (χ4v) is 1.79. The van der Waals surface area contributed by atoms with Gasteiger partial charge in [0.15, 0.2) is 0 Å². The van der Waals surface area contributed by atoms with E-state index in [2.05, 4.69) is 4.98 Å². The van der Waals surface area contributed by atoms with E-state index in [0.29, 0.717) is 12.4 Å². The standard InChI is InChI=1S/C13H15ClN2O/c1-10-6-7-12(17-10)9-16(2)13-5-3-4-11(8-14)15-13/h3-7H,8-9H2,1-2H3. The molecule has 0 amide bonds. The number of pyridine rings is 1. The molecule has 0 saturated heterocycles. The first-order valence-electron chi connectivity index (χ1n) is 5.47. The van der Waals surface area contributed by atoms with Gasteiger partial charge in [0.1, 0.15) is 17.3 Å². The van der Waals surface area contributed by atoms with Gasteiger partial charge in [-0.25, -0.2) is 4.98 Å². The Kier molecular flexibility index (Phi) is 3.69. The Bertz CT molecular complexity index is 496. The molecule has 0 radical (unpaired) electrons. The SMILES string of the molecule is Cc1ccc(CN(C)c2cccc(CCl)n2)o1. The topological polar surface area (TPSA) is 29.3 Å². The van der Waals surface area contributed by atoms with Gasteiger partial charge in [-0.05, 0) is 31.2 Å². The van der Waals surface area contributed by atoms with Crippen molar-refractivity contribution in [1.82, 2.24) is 4.98 Å². The number of aryl methyl sites for hydroxylation is 1. The van der Waals surface area contributed by atoms with E-state index >= 15 is 0 Å². The average molecular weight is 251 g/mol. The van der Waals surface area contributed by atoms with Gasteiger partial charge in [0.2, 0.25) is 0 Å². The molecule has 0 aromatic carbocycles. The van der Waals surface area contributed by atoms with Crippen molar-refractivity contribution < 1.29 is 4.42 Å². The van der Waals surface area contributed by atoms with Gasteiger partial charge in [-0.2, -0.15) is 0 Å². The molecule has 0 N–H and O–H groups in total. The normalized spacial score (nSPS) is 10.5. The summed E-state index contributed by atoms with van der Waals surface area (Å²) in [5.74, 6) is 3.19. The van der Waals surface area contributed by atoms with Crippen LogP contribution in [0.5, 0.6) is 0 Å². The third-order valence-electron chi connectivity index (χ3n) is 2.51. The first kappa shape index (κ1) is 12.0. The Morgan fingerprint density at radius 2 is 2.12 bits per heavy atom. The minimum absolute atomic E-state index is 0.432. The molecule has 2 rings (SSSR count). The lowest BCUT2D eigenvalue weighted by molar-refractivity contribution is 0.481. The molecule has 0 aliphatic rings. The predicted molar refractivity (Wildman–Crippen MR) is 69.3 cm³/mol. The molecule has 2 heterocycles. The minimum Gasteiger partial charge on any atom is -0.464 e. The number of hydrogen-bond donors (Lipinski definition) is 0. The number of aromatic nitrogens is 1. The van der Waals surface area contributed by atoms with Gasteiger partial charge in [-0.3, -0.25) is 0 Å². The highest BCUT2D eigenvalue weighted by molar-refractivity contribution is 6.16. The van der Waals surface area contributed by atoms with Gasteiger partial charge >= 0.3 is 0 Å². The van der Waals surface area contributed by atoms with Crippen molar-refractivity contribution in [3.63, 3.8) is 0 Å². The number of halogens is 1. The van der Waals surface area contributed by atoms with E-state index in [1.807, 2.05) is 49.2 Å². The fraction of sp³-hybridized carbons (Fsp3) is 0.308. The van der Waals surface area contributed by atoms with E-state index in [-0.39, 0.29) is 0 Å². The van der Waals surface area contributed by atoms with Gasteiger partial charge in [0.05, 0.1) is 18.1 Å². The quantitative estimate of drug-likeness (QED) is 0.780. The van der Waals surface area contributed by atoms with Crippen molar-refractivity contribution in [2.75, 3.05) is 11.9 Å². The van der Waals surface area contributed by atoms with Crippen LogP contribution in [0.3, 0.4) is 0 Å². The van der Waals surface area contributed by atoms with Crippen molar-refractivity contribution in [1.29, 1.82) is 0 Å². The maximum absolute atomic E-state index is 5.77. The molecule has 2 aromatic heterocycles. The summed E-state index contributed by atoms with van der Waals surface area (Å²) in [5, 5.41) is 0. The van der Waals surface area contributed by atoms with Crippen molar-refractivity contribution >= 4 is 17.4 Å². The lowest BCUT2D eigenvalue weighted by atomic mass is 10.3. The Labute approximate surface area is 106 Å². The smallest absolute Gasteiger partial charge is 0.128 e. The number of furan rings is 1. The first-order valence-corrected chi connectivity index (χ1v) is 6.01. The van der Waals surface area contributed by atoms with E-state index in [1.165, 1.54) is 0 Å². The van der Waals surface area contributed by atoms with Crippen LogP contribution in [0.4, 0.5) is 5.82 Å². The van der Waals surface area contributed by atoms with Crippen LogP contribution in [0.15, 0.2) is 34.7 Å². The van der Waals surface area contributed by atoms with Gasteiger partial charge in [-0.15, -0.1) is 11.6 Å². The Balaban J connectivity index is 2.11. The zero-order valence-electron chi connectivity index (χ0n) is 9.98. The lowest BCUT2D eigenvalue weighted by Gasteiger charge is -2.17. The molecule has 0 spiro atoms. The van der Waals surface area contributed by atoms with E-state index < -0.39 is 0 Å². The van der Waals surface area contributed by atoms with Crippen LogP contribution in [-0.4, -0.2) is 12.0 Å². The maximum atomic E-state index is 5.77. The van der Waals surface area contributed by atoms with Crippen molar-refractivity contribution in [2.45, 2.75) is 19.3 Å². The van der Waals surface area contributed by atoms with Crippen LogP contribution in [0.1, 0.15) is 17.2 Å². The lowest BCUT2D eigenvalue weighted by Crippen LogP contribution is -2.17. The van der Waals surface area contributed by atoms with Gasteiger partial charge < -0.3 is 9.32 Å². The monoisotopic (exact) mass is 250 g/mol. The summed E-state index contributed by atoms with van der Waals surface area (Å²) in [6.07, 6.45) is 0. The molecular formula is C13H15ClN2O. The minimum atomic E-state index is 0.432. The molecule has 3 nitrogen and oxygen atoms in total. The second-order valence-corrected chi connectivity index (χ2v) is 4.26. The van der Waals surface area contributed by atoms with Crippen LogP contribution in [0, 0.1) is 6.92 Å². The second kappa shape index (κ2) is 5.23. The summed E-state index contributed by atoms with van der Waals surface area (Å²) in [4.78, 5) is 6.48. The van der Waals surface area contributed by atoms with Gasteiger partial charge in [-0.1, -0.05) is 6.07 Å². The second-order valence-electron chi connectivity index (χ2n) is 3.99. The van der Waals surface area contributed by atoms with Crippen LogP contribution < -0.4 is 4.90 Å². The van der Waals surface area contributed by atoms with Crippen molar-refractivity contribution in [2.24, 2.45) is 0 Å². The molecule has 0 unspecified atom stereocenters. The number of rotatable bonds is 4. The maximum Gasteiger partial charge on any atom is 0.128 e. The summed E-state index contributed by atoms with van der Waals surface area (Å²) in [7, 11) is 1.98.